The number of carbonyl (C=O) groups is 1. The van der Waals surface area contributed by atoms with Crippen molar-refractivity contribution in [3.8, 4) is 0 Å². The maximum atomic E-state index is 12.0. The van der Waals surface area contributed by atoms with Crippen molar-refractivity contribution in [2.75, 3.05) is 26.2 Å². The summed E-state index contributed by atoms with van der Waals surface area (Å²) in [7, 11) is 0. The van der Waals surface area contributed by atoms with E-state index in [2.05, 4.69) is 10.3 Å². The van der Waals surface area contributed by atoms with Gasteiger partial charge in [0.2, 0.25) is 5.91 Å². The highest BCUT2D eigenvalue weighted by Crippen LogP contribution is 2.03. The second kappa shape index (κ2) is 5.61. The van der Waals surface area contributed by atoms with Crippen LogP contribution in [0.3, 0.4) is 0 Å². The second-order valence-electron chi connectivity index (χ2n) is 4.02. The van der Waals surface area contributed by atoms with Gasteiger partial charge in [-0.3, -0.25) is 9.78 Å². The summed E-state index contributed by atoms with van der Waals surface area (Å²) in [6, 6.07) is 3.79. The molecule has 2 heterocycles. The van der Waals surface area contributed by atoms with Crippen LogP contribution in [0.5, 0.6) is 0 Å². The minimum atomic E-state index is 0.218. The SMILES string of the molecule is O=C(Cc1ccncc1)N1CCCNCC1. The Morgan fingerprint density at radius 3 is 2.94 bits per heavy atom. The predicted molar refractivity (Wildman–Crippen MR) is 62.0 cm³/mol. The lowest BCUT2D eigenvalue weighted by Crippen LogP contribution is -2.35. The molecule has 0 atom stereocenters. The maximum Gasteiger partial charge on any atom is 0.227 e. The highest BCUT2D eigenvalue weighted by Gasteiger charge is 2.15. The zero-order valence-corrected chi connectivity index (χ0v) is 9.35. The molecule has 0 spiro atoms. The smallest absolute Gasteiger partial charge is 0.227 e. The van der Waals surface area contributed by atoms with Crippen LogP contribution in [0.4, 0.5) is 0 Å². The molecule has 1 saturated heterocycles. The minimum absolute atomic E-state index is 0.218. The van der Waals surface area contributed by atoms with E-state index in [1.165, 1.54) is 0 Å². The fourth-order valence-corrected chi connectivity index (χ4v) is 1.88. The summed E-state index contributed by atoms with van der Waals surface area (Å²) >= 11 is 0. The Bertz CT molecular complexity index is 331. The van der Waals surface area contributed by atoms with Crippen LogP contribution in [0.25, 0.3) is 0 Å². The number of rotatable bonds is 2. The van der Waals surface area contributed by atoms with Crippen LogP contribution in [0, 0.1) is 0 Å². The van der Waals surface area contributed by atoms with Gasteiger partial charge >= 0.3 is 0 Å². The molecule has 1 aliphatic rings. The average Bonchev–Trinajstić information content (AvgIpc) is 2.59. The van der Waals surface area contributed by atoms with Crippen LogP contribution < -0.4 is 5.32 Å². The van der Waals surface area contributed by atoms with Crippen molar-refractivity contribution < 1.29 is 4.79 Å². The van der Waals surface area contributed by atoms with Gasteiger partial charge in [0.05, 0.1) is 6.42 Å². The fraction of sp³-hybridized carbons (Fsp3) is 0.500. The first kappa shape index (κ1) is 11.1. The Morgan fingerprint density at radius 2 is 2.12 bits per heavy atom. The van der Waals surface area contributed by atoms with Gasteiger partial charge in [0.25, 0.3) is 0 Å². The van der Waals surface area contributed by atoms with Gasteiger partial charge in [0.1, 0.15) is 0 Å². The third-order valence-electron chi connectivity index (χ3n) is 2.80. The number of hydrogen-bond donors (Lipinski definition) is 1. The van der Waals surface area contributed by atoms with E-state index in [4.69, 9.17) is 0 Å². The topological polar surface area (TPSA) is 45.2 Å². The van der Waals surface area contributed by atoms with Crippen molar-refractivity contribution in [3.05, 3.63) is 30.1 Å². The van der Waals surface area contributed by atoms with E-state index < -0.39 is 0 Å². The van der Waals surface area contributed by atoms with Crippen molar-refractivity contribution in [1.29, 1.82) is 0 Å². The first-order valence-electron chi connectivity index (χ1n) is 5.73. The molecule has 0 saturated carbocycles. The number of nitrogens with one attached hydrogen (secondary N) is 1. The first-order valence-corrected chi connectivity index (χ1v) is 5.73. The maximum absolute atomic E-state index is 12.0. The lowest BCUT2D eigenvalue weighted by molar-refractivity contribution is -0.130. The summed E-state index contributed by atoms with van der Waals surface area (Å²) in [6.45, 7) is 3.61. The number of carbonyl (C=O) groups excluding carboxylic acids is 1. The Morgan fingerprint density at radius 1 is 1.31 bits per heavy atom. The van der Waals surface area contributed by atoms with Crippen LogP contribution in [-0.2, 0) is 11.2 Å². The monoisotopic (exact) mass is 219 g/mol. The zero-order chi connectivity index (χ0) is 11.2. The minimum Gasteiger partial charge on any atom is -0.341 e. The summed E-state index contributed by atoms with van der Waals surface area (Å²) in [5, 5.41) is 3.29. The van der Waals surface area contributed by atoms with Crippen molar-refractivity contribution >= 4 is 5.91 Å². The Labute approximate surface area is 95.7 Å². The van der Waals surface area contributed by atoms with Crippen molar-refractivity contribution in [1.82, 2.24) is 15.2 Å². The number of amides is 1. The van der Waals surface area contributed by atoms with E-state index in [0.29, 0.717) is 6.42 Å². The molecule has 1 aliphatic heterocycles. The van der Waals surface area contributed by atoms with Gasteiger partial charge in [0, 0.05) is 32.0 Å². The van der Waals surface area contributed by atoms with Gasteiger partial charge in [-0.15, -0.1) is 0 Å². The molecule has 0 unspecified atom stereocenters. The van der Waals surface area contributed by atoms with Crippen LogP contribution in [0.2, 0.25) is 0 Å². The zero-order valence-electron chi connectivity index (χ0n) is 9.35. The van der Waals surface area contributed by atoms with Crippen LogP contribution in [0.15, 0.2) is 24.5 Å². The number of pyridine rings is 1. The van der Waals surface area contributed by atoms with Gasteiger partial charge in [-0.25, -0.2) is 0 Å². The van der Waals surface area contributed by atoms with E-state index >= 15 is 0 Å². The number of hydrogen-bond acceptors (Lipinski definition) is 3. The molecule has 16 heavy (non-hydrogen) atoms. The second-order valence-corrected chi connectivity index (χ2v) is 4.02. The van der Waals surface area contributed by atoms with Crippen LogP contribution >= 0.6 is 0 Å². The Balaban J connectivity index is 1.92. The molecule has 1 fully saturated rings. The molecule has 4 heteroatoms. The summed E-state index contributed by atoms with van der Waals surface area (Å²) in [5.74, 6) is 0.218. The number of nitrogens with zero attached hydrogens (tertiary/aromatic N) is 2. The molecule has 0 radical (unpaired) electrons. The van der Waals surface area contributed by atoms with Crippen LogP contribution in [-0.4, -0.2) is 42.0 Å². The van der Waals surface area contributed by atoms with Gasteiger partial charge in [-0.1, -0.05) is 0 Å². The Hall–Kier alpha value is -1.42. The van der Waals surface area contributed by atoms with Crippen molar-refractivity contribution in [2.45, 2.75) is 12.8 Å². The van der Waals surface area contributed by atoms with Crippen LogP contribution in [0.1, 0.15) is 12.0 Å². The van der Waals surface area contributed by atoms with E-state index in [1.54, 1.807) is 12.4 Å². The average molecular weight is 219 g/mol. The Kier molecular flexibility index (Phi) is 3.88. The lowest BCUT2D eigenvalue weighted by atomic mass is 10.2. The standard InChI is InChI=1S/C12H17N3O/c16-12(10-11-2-5-14-6-3-11)15-8-1-4-13-7-9-15/h2-3,5-6,13H,1,4,7-10H2. The van der Waals surface area contributed by atoms with Gasteiger partial charge in [0.15, 0.2) is 0 Å². The van der Waals surface area contributed by atoms with E-state index in [0.717, 1.165) is 38.2 Å². The van der Waals surface area contributed by atoms with Gasteiger partial charge < -0.3 is 10.2 Å². The molecule has 86 valence electrons. The summed E-state index contributed by atoms with van der Waals surface area (Å²) in [4.78, 5) is 17.9. The van der Waals surface area contributed by atoms with E-state index in [1.807, 2.05) is 17.0 Å². The summed E-state index contributed by atoms with van der Waals surface area (Å²) < 4.78 is 0. The molecular weight excluding hydrogens is 202 g/mol. The van der Waals surface area contributed by atoms with Crippen molar-refractivity contribution in [3.63, 3.8) is 0 Å². The molecule has 1 aromatic heterocycles. The molecule has 4 nitrogen and oxygen atoms in total. The van der Waals surface area contributed by atoms with E-state index in [9.17, 15) is 4.79 Å². The predicted octanol–water partition coefficient (Wildman–Crippen LogP) is 0.446. The highest BCUT2D eigenvalue weighted by molar-refractivity contribution is 5.78. The molecule has 2 rings (SSSR count). The van der Waals surface area contributed by atoms with Gasteiger partial charge in [-0.05, 0) is 30.7 Å². The molecular formula is C12H17N3O. The molecule has 0 bridgehead atoms. The normalized spacial score (nSPS) is 16.9. The number of aromatic nitrogens is 1. The molecule has 0 aromatic carbocycles. The lowest BCUT2D eigenvalue weighted by Gasteiger charge is -2.19. The fourth-order valence-electron chi connectivity index (χ4n) is 1.88. The largest absolute Gasteiger partial charge is 0.341 e. The van der Waals surface area contributed by atoms with Gasteiger partial charge in [-0.2, -0.15) is 0 Å². The van der Waals surface area contributed by atoms with Crippen molar-refractivity contribution in [2.24, 2.45) is 0 Å². The first-order chi connectivity index (χ1) is 7.86. The summed E-state index contributed by atoms with van der Waals surface area (Å²) in [5.41, 5.74) is 1.04. The third-order valence-corrected chi connectivity index (χ3v) is 2.80. The van der Waals surface area contributed by atoms with E-state index in [-0.39, 0.29) is 5.91 Å². The molecule has 1 N–H and O–H groups in total. The quantitative estimate of drug-likeness (QED) is 0.785. The molecule has 0 aliphatic carbocycles. The third kappa shape index (κ3) is 3.03. The summed E-state index contributed by atoms with van der Waals surface area (Å²) in [6.07, 6.45) is 4.99. The highest BCUT2D eigenvalue weighted by atomic mass is 16.2. The molecule has 1 aromatic rings. The molecule has 1 amide bonds.